The monoisotopic (exact) mass is 367 g/mol. The summed E-state index contributed by atoms with van der Waals surface area (Å²) in [5, 5.41) is 9.98. The Bertz CT molecular complexity index is 500. The molecular formula is C19H37N5S. The van der Waals surface area contributed by atoms with Gasteiger partial charge in [-0.05, 0) is 47.0 Å². The lowest BCUT2D eigenvalue weighted by Crippen LogP contribution is -2.41. The first-order valence-electron chi connectivity index (χ1n) is 9.57. The van der Waals surface area contributed by atoms with Gasteiger partial charge in [0, 0.05) is 37.1 Å². The minimum Gasteiger partial charge on any atom is -0.357 e. The molecule has 1 aromatic rings. The molecule has 2 N–H and O–H groups in total. The van der Waals surface area contributed by atoms with Crippen LogP contribution in [0.15, 0.2) is 10.4 Å². The van der Waals surface area contributed by atoms with Gasteiger partial charge in [-0.1, -0.05) is 13.8 Å². The molecule has 1 aromatic heterocycles. The van der Waals surface area contributed by atoms with Crippen molar-refractivity contribution in [2.75, 3.05) is 19.6 Å². The molecule has 5 nitrogen and oxygen atoms in total. The second-order valence-electron chi connectivity index (χ2n) is 7.22. The van der Waals surface area contributed by atoms with E-state index in [4.69, 9.17) is 0 Å². The van der Waals surface area contributed by atoms with E-state index in [9.17, 15) is 0 Å². The van der Waals surface area contributed by atoms with Crippen molar-refractivity contribution < 1.29 is 0 Å². The second kappa shape index (κ2) is 11.5. The lowest BCUT2D eigenvalue weighted by atomic mass is 10.2. The first kappa shape index (κ1) is 21.9. The Kier molecular flexibility index (Phi) is 10.0. The van der Waals surface area contributed by atoms with Crippen molar-refractivity contribution in [1.82, 2.24) is 20.5 Å². The Balaban J connectivity index is 2.47. The van der Waals surface area contributed by atoms with Crippen LogP contribution in [0.2, 0.25) is 0 Å². The van der Waals surface area contributed by atoms with Crippen LogP contribution in [0.3, 0.4) is 0 Å². The maximum absolute atomic E-state index is 4.67. The van der Waals surface area contributed by atoms with Gasteiger partial charge in [0.15, 0.2) is 5.96 Å². The summed E-state index contributed by atoms with van der Waals surface area (Å²) >= 11 is 1.70. The Hall–Kier alpha value is -1.14. The number of aromatic nitrogens is 1. The fourth-order valence-corrected chi connectivity index (χ4v) is 3.61. The number of hydrogen-bond acceptors (Lipinski definition) is 4. The highest BCUT2D eigenvalue weighted by Crippen LogP contribution is 2.18. The molecule has 0 bridgehead atoms. The molecule has 6 heteroatoms. The number of rotatable bonds is 10. The summed E-state index contributed by atoms with van der Waals surface area (Å²) in [7, 11) is 0. The van der Waals surface area contributed by atoms with Crippen LogP contribution < -0.4 is 10.6 Å². The van der Waals surface area contributed by atoms with E-state index >= 15 is 0 Å². The normalized spacial score (nSPS) is 12.7. The van der Waals surface area contributed by atoms with Crippen molar-refractivity contribution in [3.63, 3.8) is 0 Å². The highest BCUT2D eigenvalue weighted by atomic mass is 32.1. The molecule has 0 saturated carbocycles. The number of thiazole rings is 1. The zero-order valence-electron chi connectivity index (χ0n) is 17.1. The van der Waals surface area contributed by atoms with Gasteiger partial charge >= 0.3 is 0 Å². The SMILES string of the molecule is CCNC(=NCc1nc(C(C)C)cs1)NCCCN(C(C)C)C(C)C. The molecule has 0 aliphatic heterocycles. The van der Waals surface area contributed by atoms with E-state index in [-0.39, 0.29) is 0 Å². The van der Waals surface area contributed by atoms with E-state index in [1.807, 2.05) is 0 Å². The average Bonchev–Trinajstić information content (AvgIpc) is 3.00. The number of guanidine groups is 1. The third-order valence-corrected chi connectivity index (χ3v) is 4.94. The van der Waals surface area contributed by atoms with E-state index in [2.05, 4.69) is 79.4 Å². The quantitative estimate of drug-likeness (QED) is 0.375. The minimum absolute atomic E-state index is 0.477. The van der Waals surface area contributed by atoms with Crippen LogP contribution in [0.4, 0.5) is 0 Å². The van der Waals surface area contributed by atoms with E-state index < -0.39 is 0 Å². The summed E-state index contributed by atoms with van der Waals surface area (Å²) < 4.78 is 0. The van der Waals surface area contributed by atoms with Crippen LogP contribution in [0, 0.1) is 0 Å². The minimum atomic E-state index is 0.477. The summed E-state index contributed by atoms with van der Waals surface area (Å²) in [4.78, 5) is 11.8. The van der Waals surface area contributed by atoms with Crippen molar-refractivity contribution in [2.45, 2.75) is 79.4 Å². The molecule has 0 spiro atoms. The zero-order chi connectivity index (χ0) is 18.8. The molecule has 1 heterocycles. The standard InChI is InChI=1S/C19H37N5S/c1-8-20-19(21-10-9-11-24(15(4)5)16(6)7)22-12-18-23-17(13-25-18)14(2)3/h13-16H,8-12H2,1-7H3,(H2,20,21,22). The van der Waals surface area contributed by atoms with Crippen LogP contribution in [-0.2, 0) is 6.54 Å². The Morgan fingerprint density at radius 3 is 2.36 bits per heavy atom. The van der Waals surface area contributed by atoms with E-state index in [0.717, 1.165) is 42.7 Å². The Labute approximate surface area is 158 Å². The van der Waals surface area contributed by atoms with Gasteiger partial charge in [-0.2, -0.15) is 0 Å². The number of nitrogens with one attached hydrogen (secondary N) is 2. The molecule has 0 fully saturated rings. The molecule has 0 aliphatic carbocycles. The Morgan fingerprint density at radius 1 is 1.16 bits per heavy atom. The summed E-state index contributed by atoms with van der Waals surface area (Å²) in [6.07, 6.45) is 1.11. The number of aliphatic imine (C=N–C) groups is 1. The summed E-state index contributed by atoms with van der Waals surface area (Å²) in [5.41, 5.74) is 1.16. The predicted molar refractivity (Wildman–Crippen MR) is 111 cm³/mol. The third kappa shape index (κ3) is 8.19. The molecule has 0 amide bonds. The Morgan fingerprint density at radius 2 is 1.84 bits per heavy atom. The maximum atomic E-state index is 4.67. The van der Waals surface area contributed by atoms with Gasteiger partial charge in [-0.15, -0.1) is 11.3 Å². The zero-order valence-corrected chi connectivity index (χ0v) is 17.9. The first-order chi connectivity index (χ1) is 11.8. The third-order valence-electron chi connectivity index (χ3n) is 4.09. The van der Waals surface area contributed by atoms with Gasteiger partial charge in [0.05, 0.1) is 12.2 Å². The van der Waals surface area contributed by atoms with E-state index in [0.29, 0.717) is 24.5 Å². The molecule has 0 atom stereocenters. The van der Waals surface area contributed by atoms with E-state index in [1.54, 1.807) is 11.3 Å². The first-order valence-corrected chi connectivity index (χ1v) is 10.4. The number of hydrogen-bond donors (Lipinski definition) is 2. The van der Waals surface area contributed by atoms with Crippen LogP contribution in [0.1, 0.15) is 71.5 Å². The van der Waals surface area contributed by atoms with Crippen LogP contribution in [0.25, 0.3) is 0 Å². The molecular weight excluding hydrogens is 330 g/mol. The molecule has 0 saturated heterocycles. The molecule has 0 aliphatic rings. The fourth-order valence-electron chi connectivity index (χ4n) is 2.73. The molecule has 1 rings (SSSR count). The lowest BCUT2D eigenvalue weighted by molar-refractivity contribution is 0.173. The lowest BCUT2D eigenvalue weighted by Gasteiger charge is -2.30. The van der Waals surface area contributed by atoms with Crippen molar-refractivity contribution in [3.05, 3.63) is 16.1 Å². The van der Waals surface area contributed by atoms with Gasteiger partial charge in [0.2, 0.25) is 0 Å². The van der Waals surface area contributed by atoms with Crippen LogP contribution in [-0.4, -0.2) is 47.6 Å². The fraction of sp³-hybridized carbons (Fsp3) is 0.789. The van der Waals surface area contributed by atoms with Crippen molar-refractivity contribution in [3.8, 4) is 0 Å². The van der Waals surface area contributed by atoms with Crippen molar-refractivity contribution >= 4 is 17.3 Å². The van der Waals surface area contributed by atoms with Gasteiger partial charge in [0.25, 0.3) is 0 Å². The summed E-state index contributed by atoms with van der Waals surface area (Å²) in [6.45, 7) is 19.0. The average molecular weight is 368 g/mol. The molecule has 0 aromatic carbocycles. The molecule has 0 radical (unpaired) electrons. The highest BCUT2D eigenvalue weighted by molar-refractivity contribution is 7.09. The molecule has 0 unspecified atom stereocenters. The maximum Gasteiger partial charge on any atom is 0.191 e. The van der Waals surface area contributed by atoms with Gasteiger partial charge in [0.1, 0.15) is 5.01 Å². The highest BCUT2D eigenvalue weighted by Gasteiger charge is 2.12. The second-order valence-corrected chi connectivity index (χ2v) is 8.16. The van der Waals surface area contributed by atoms with Crippen LogP contribution >= 0.6 is 11.3 Å². The molecule has 144 valence electrons. The summed E-state index contributed by atoms with van der Waals surface area (Å²) in [5.74, 6) is 1.36. The predicted octanol–water partition coefficient (Wildman–Crippen LogP) is 3.83. The van der Waals surface area contributed by atoms with Gasteiger partial charge in [-0.25, -0.2) is 9.98 Å². The van der Waals surface area contributed by atoms with Gasteiger partial charge in [-0.3, -0.25) is 4.90 Å². The summed E-state index contributed by atoms with van der Waals surface area (Å²) in [6, 6.07) is 1.17. The van der Waals surface area contributed by atoms with Crippen molar-refractivity contribution in [1.29, 1.82) is 0 Å². The van der Waals surface area contributed by atoms with Crippen LogP contribution in [0.5, 0.6) is 0 Å². The topological polar surface area (TPSA) is 52.6 Å². The largest absolute Gasteiger partial charge is 0.357 e. The number of nitrogens with zero attached hydrogens (tertiary/aromatic N) is 3. The van der Waals surface area contributed by atoms with E-state index in [1.165, 1.54) is 0 Å². The smallest absolute Gasteiger partial charge is 0.191 e. The van der Waals surface area contributed by atoms with Gasteiger partial charge < -0.3 is 10.6 Å². The molecule has 25 heavy (non-hydrogen) atoms. The van der Waals surface area contributed by atoms with Crippen molar-refractivity contribution in [2.24, 2.45) is 4.99 Å².